The number of aryl methyl sites for hydroxylation is 1. The molecule has 0 fully saturated rings. The van der Waals surface area contributed by atoms with E-state index in [1.54, 1.807) is 43.3 Å². The molecule has 158 valence electrons. The van der Waals surface area contributed by atoms with Crippen molar-refractivity contribution in [3.8, 4) is 0 Å². The van der Waals surface area contributed by atoms with Crippen LogP contribution in [-0.2, 0) is 11.3 Å². The molecule has 0 aliphatic carbocycles. The Balaban J connectivity index is 1.57. The number of rotatable bonds is 6. The minimum Gasteiger partial charge on any atom is -0.459 e. The van der Waals surface area contributed by atoms with Crippen LogP contribution in [0.15, 0.2) is 65.3 Å². The molecule has 9 heteroatoms. The lowest BCUT2D eigenvalue weighted by Crippen LogP contribution is -2.17. The summed E-state index contributed by atoms with van der Waals surface area (Å²) in [6.45, 7) is -1.59. The van der Waals surface area contributed by atoms with Gasteiger partial charge in [-0.25, -0.2) is 9.78 Å². The number of esters is 1. The van der Waals surface area contributed by atoms with Crippen LogP contribution in [0.4, 0.5) is 14.5 Å². The topological polar surface area (TPSA) is 86.4 Å². The molecule has 2 aromatic heterocycles. The van der Waals surface area contributed by atoms with Crippen molar-refractivity contribution < 1.29 is 27.5 Å². The molecule has 0 bridgehead atoms. The summed E-state index contributed by atoms with van der Waals surface area (Å²) in [5, 5.41) is 2.64. The van der Waals surface area contributed by atoms with E-state index in [0.717, 1.165) is 4.57 Å². The number of anilines is 1. The molecule has 1 amide bonds. The van der Waals surface area contributed by atoms with Crippen LogP contribution in [0.25, 0.3) is 11.0 Å². The zero-order chi connectivity index (χ0) is 22.0. The Hall–Kier alpha value is -4.01. The Morgan fingerprint density at radius 3 is 2.68 bits per heavy atom. The van der Waals surface area contributed by atoms with Gasteiger partial charge in [0, 0.05) is 0 Å². The van der Waals surface area contributed by atoms with Gasteiger partial charge in [-0.3, -0.25) is 9.36 Å². The third-order valence-electron chi connectivity index (χ3n) is 4.67. The van der Waals surface area contributed by atoms with Crippen molar-refractivity contribution in [1.82, 2.24) is 9.55 Å². The van der Waals surface area contributed by atoms with Crippen molar-refractivity contribution in [2.45, 2.75) is 20.1 Å². The fraction of sp³-hybridized carbons (Fsp3) is 0.136. The van der Waals surface area contributed by atoms with E-state index in [2.05, 4.69) is 10.3 Å². The summed E-state index contributed by atoms with van der Waals surface area (Å²) in [5.74, 6) is -1.33. The molecular weight excluding hydrogens is 408 g/mol. The van der Waals surface area contributed by atoms with E-state index in [1.165, 1.54) is 24.5 Å². The van der Waals surface area contributed by atoms with E-state index < -0.39 is 25.0 Å². The summed E-state index contributed by atoms with van der Waals surface area (Å²) in [6, 6.07) is 14.3. The lowest BCUT2D eigenvalue weighted by molar-refractivity contribution is 0.0388. The number of furan rings is 1. The average molecular weight is 425 g/mol. The predicted octanol–water partition coefficient (Wildman–Crippen LogP) is 4.94. The first kappa shape index (κ1) is 20.3. The minimum absolute atomic E-state index is 0.0771. The number of aromatic nitrogens is 2. The van der Waals surface area contributed by atoms with Crippen molar-refractivity contribution in [3.05, 3.63) is 83.6 Å². The first-order chi connectivity index (χ1) is 15.0. The van der Waals surface area contributed by atoms with E-state index in [-0.39, 0.29) is 28.4 Å². The predicted molar refractivity (Wildman–Crippen MR) is 108 cm³/mol. The van der Waals surface area contributed by atoms with Crippen molar-refractivity contribution in [1.29, 1.82) is 0 Å². The largest absolute Gasteiger partial charge is 0.459 e. The molecule has 2 heterocycles. The number of alkyl halides is 2. The fourth-order valence-electron chi connectivity index (χ4n) is 3.21. The second-order valence-electron chi connectivity index (χ2n) is 6.67. The number of nitrogens with zero attached hydrogens (tertiary/aromatic N) is 2. The standard InChI is InChI=1S/C22H17F2N3O4/c1-13-6-4-7-14(19(13)26-20(28)17-10-5-11-30-17)21(29)31-12-18-25-15-8-2-3-9-16(15)27(18)22(23)24/h2-11,22H,12H2,1H3,(H,26,28). The van der Waals surface area contributed by atoms with Crippen LogP contribution in [0.2, 0.25) is 0 Å². The SMILES string of the molecule is Cc1cccc(C(=O)OCc2nc3ccccc3n2C(F)F)c1NC(=O)c1ccco1. The molecule has 0 saturated carbocycles. The second-order valence-corrected chi connectivity index (χ2v) is 6.67. The van der Waals surface area contributed by atoms with Crippen LogP contribution in [0, 0.1) is 6.92 Å². The zero-order valence-electron chi connectivity index (χ0n) is 16.3. The minimum atomic E-state index is -2.84. The van der Waals surface area contributed by atoms with Gasteiger partial charge in [0.2, 0.25) is 0 Å². The van der Waals surface area contributed by atoms with Gasteiger partial charge in [0.25, 0.3) is 5.91 Å². The number of amides is 1. The van der Waals surface area contributed by atoms with Crippen molar-refractivity contribution in [2.75, 3.05) is 5.32 Å². The van der Waals surface area contributed by atoms with E-state index in [0.29, 0.717) is 11.1 Å². The molecule has 1 N–H and O–H groups in total. The molecule has 0 aliphatic heterocycles. The van der Waals surface area contributed by atoms with Gasteiger partial charge < -0.3 is 14.5 Å². The molecule has 0 spiro atoms. The number of carbonyl (C=O) groups is 2. The number of fused-ring (bicyclic) bond motifs is 1. The number of para-hydroxylation sites is 3. The van der Waals surface area contributed by atoms with Crippen molar-refractivity contribution >= 4 is 28.6 Å². The number of benzene rings is 2. The number of hydrogen-bond acceptors (Lipinski definition) is 5. The molecule has 0 aliphatic rings. The number of imidazole rings is 1. The van der Waals surface area contributed by atoms with Crippen LogP contribution in [0.1, 0.15) is 38.9 Å². The highest BCUT2D eigenvalue weighted by Gasteiger charge is 2.22. The lowest BCUT2D eigenvalue weighted by Gasteiger charge is -2.13. The van der Waals surface area contributed by atoms with E-state index in [1.807, 2.05) is 0 Å². The monoisotopic (exact) mass is 425 g/mol. The van der Waals surface area contributed by atoms with Crippen LogP contribution in [0.3, 0.4) is 0 Å². The number of halogens is 2. The van der Waals surface area contributed by atoms with Crippen LogP contribution in [-0.4, -0.2) is 21.4 Å². The summed E-state index contributed by atoms with van der Waals surface area (Å²) < 4.78 is 38.2. The maximum atomic E-state index is 13.6. The lowest BCUT2D eigenvalue weighted by atomic mass is 10.1. The molecule has 31 heavy (non-hydrogen) atoms. The smallest absolute Gasteiger partial charge is 0.340 e. The highest BCUT2D eigenvalue weighted by atomic mass is 19.3. The second kappa shape index (κ2) is 8.39. The maximum absolute atomic E-state index is 13.6. The highest BCUT2D eigenvalue weighted by molar-refractivity contribution is 6.07. The van der Waals surface area contributed by atoms with Gasteiger partial charge in [-0.2, -0.15) is 8.78 Å². The quantitative estimate of drug-likeness (QED) is 0.442. The number of nitrogens with one attached hydrogen (secondary N) is 1. The van der Waals surface area contributed by atoms with Gasteiger partial charge in [0.1, 0.15) is 6.61 Å². The summed E-state index contributed by atoms with van der Waals surface area (Å²) in [4.78, 5) is 29.2. The summed E-state index contributed by atoms with van der Waals surface area (Å²) in [7, 11) is 0. The van der Waals surface area contributed by atoms with Gasteiger partial charge >= 0.3 is 12.5 Å². The summed E-state index contributed by atoms with van der Waals surface area (Å²) in [5.41, 5.74) is 1.56. The molecule has 7 nitrogen and oxygen atoms in total. The molecule has 0 saturated heterocycles. The van der Waals surface area contributed by atoms with Gasteiger partial charge in [-0.15, -0.1) is 0 Å². The Bertz CT molecular complexity index is 1250. The molecule has 0 atom stereocenters. The van der Waals surface area contributed by atoms with Gasteiger partial charge in [-0.1, -0.05) is 24.3 Å². The zero-order valence-corrected chi connectivity index (χ0v) is 16.3. The first-order valence-electron chi connectivity index (χ1n) is 9.31. The first-order valence-corrected chi connectivity index (χ1v) is 9.31. The average Bonchev–Trinajstić information content (AvgIpc) is 3.41. The number of ether oxygens (including phenoxy) is 1. The van der Waals surface area contributed by atoms with E-state index in [4.69, 9.17) is 9.15 Å². The normalized spacial score (nSPS) is 11.1. The Morgan fingerprint density at radius 2 is 1.94 bits per heavy atom. The molecular formula is C22H17F2N3O4. The van der Waals surface area contributed by atoms with E-state index >= 15 is 0 Å². The van der Waals surface area contributed by atoms with Crippen LogP contribution >= 0.6 is 0 Å². The Kier molecular flexibility index (Phi) is 5.48. The fourth-order valence-corrected chi connectivity index (χ4v) is 3.21. The van der Waals surface area contributed by atoms with Crippen molar-refractivity contribution in [3.63, 3.8) is 0 Å². The van der Waals surface area contributed by atoms with E-state index in [9.17, 15) is 18.4 Å². The molecule has 2 aromatic carbocycles. The van der Waals surface area contributed by atoms with Crippen LogP contribution < -0.4 is 5.32 Å². The summed E-state index contributed by atoms with van der Waals surface area (Å²) in [6.07, 6.45) is 1.36. The van der Waals surface area contributed by atoms with Crippen molar-refractivity contribution in [2.24, 2.45) is 0 Å². The number of carbonyl (C=O) groups excluding carboxylic acids is 2. The Morgan fingerprint density at radius 1 is 1.13 bits per heavy atom. The molecule has 4 rings (SSSR count). The highest BCUT2D eigenvalue weighted by Crippen LogP contribution is 2.25. The third kappa shape index (κ3) is 4.02. The Labute approximate surface area is 175 Å². The van der Waals surface area contributed by atoms with Crippen LogP contribution in [0.5, 0.6) is 0 Å². The summed E-state index contributed by atoms with van der Waals surface area (Å²) >= 11 is 0. The maximum Gasteiger partial charge on any atom is 0.340 e. The van der Waals surface area contributed by atoms with Gasteiger partial charge in [0.05, 0.1) is 28.5 Å². The van der Waals surface area contributed by atoms with Gasteiger partial charge in [0.15, 0.2) is 11.6 Å². The molecule has 0 radical (unpaired) electrons. The molecule has 4 aromatic rings. The molecule has 0 unspecified atom stereocenters. The number of hydrogen-bond donors (Lipinski definition) is 1. The van der Waals surface area contributed by atoms with Gasteiger partial charge in [-0.05, 0) is 42.8 Å². The third-order valence-corrected chi connectivity index (χ3v) is 4.67.